The summed E-state index contributed by atoms with van der Waals surface area (Å²) in [7, 11) is -1.50. The maximum absolute atomic E-state index is 13.3. The molecule has 17 heavy (non-hydrogen) atoms. The molecule has 1 aromatic carbocycles. The van der Waals surface area contributed by atoms with E-state index in [4.69, 9.17) is 0 Å². The van der Waals surface area contributed by atoms with Crippen LogP contribution in [-0.4, -0.2) is 27.8 Å². The van der Waals surface area contributed by atoms with Crippen LogP contribution in [0.2, 0.25) is 0 Å². The molecule has 0 unspecified atom stereocenters. The molecule has 8 heteroatoms. The molecular weight excluding hydrogens is 260 g/mol. The third-order valence-corrected chi connectivity index (χ3v) is 4.33. The maximum Gasteiger partial charge on any atom is 0.502 e. The standard InChI is InChI=1S/C9H10F4O3Si/c1-15-17(14,16-2)4-5-3-6(10)8(12)9(13)7(5)11/h3,14H,4H2,1-2H3. The summed E-state index contributed by atoms with van der Waals surface area (Å²) in [5.74, 6) is -6.93. The van der Waals surface area contributed by atoms with E-state index < -0.39 is 43.7 Å². The van der Waals surface area contributed by atoms with Crippen molar-refractivity contribution in [1.82, 2.24) is 0 Å². The summed E-state index contributed by atoms with van der Waals surface area (Å²) in [5, 5.41) is 0. The molecule has 0 atom stereocenters. The molecule has 1 rings (SSSR count). The van der Waals surface area contributed by atoms with Crippen LogP contribution in [0.25, 0.3) is 0 Å². The van der Waals surface area contributed by atoms with Crippen molar-refractivity contribution in [3.8, 4) is 0 Å². The van der Waals surface area contributed by atoms with Gasteiger partial charge in [0, 0.05) is 20.3 Å². The van der Waals surface area contributed by atoms with Crippen LogP contribution < -0.4 is 0 Å². The molecule has 0 spiro atoms. The molecule has 0 amide bonds. The first-order valence-corrected chi connectivity index (χ1v) is 6.46. The summed E-state index contributed by atoms with van der Waals surface area (Å²) in [5.41, 5.74) is -0.542. The van der Waals surface area contributed by atoms with Gasteiger partial charge in [-0.05, 0) is 11.6 Å². The van der Waals surface area contributed by atoms with Crippen molar-refractivity contribution < 1.29 is 31.2 Å². The maximum atomic E-state index is 13.3. The van der Waals surface area contributed by atoms with Crippen molar-refractivity contribution in [3.63, 3.8) is 0 Å². The van der Waals surface area contributed by atoms with Crippen molar-refractivity contribution in [2.45, 2.75) is 6.04 Å². The summed E-state index contributed by atoms with van der Waals surface area (Å²) in [6, 6.07) is -0.0935. The van der Waals surface area contributed by atoms with E-state index in [-0.39, 0.29) is 0 Å². The number of hydrogen-bond acceptors (Lipinski definition) is 3. The normalized spacial score (nSPS) is 11.9. The lowest BCUT2D eigenvalue weighted by Crippen LogP contribution is -2.43. The fraction of sp³-hybridized carbons (Fsp3) is 0.333. The molecule has 0 saturated carbocycles. The Balaban J connectivity index is 3.16. The molecule has 3 nitrogen and oxygen atoms in total. The van der Waals surface area contributed by atoms with Crippen molar-refractivity contribution in [2.75, 3.05) is 14.2 Å². The van der Waals surface area contributed by atoms with Crippen LogP contribution in [0.5, 0.6) is 0 Å². The van der Waals surface area contributed by atoms with E-state index in [1.165, 1.54) is 0 Å². The van der Waals surface area contributed by atoms with Crippen LogP contribution in [0.1, 0.15) is 5.56 Å². The molecular formula is C9H10F4O3Si. The predicted molar refractivity (Wildman–Crippen MR) is 52.0 cm³/mol. The lowest BCUT2D eigenvalue weighted by Gasteiger charge is -2.20. The Hall–Kier alpha value is -0.963. The minimum absolute atomic E-state index is 0.462. The van der Waals surface area contributed by atoms with Crippen LogP contribution in [-0.2, 0) is 14.9 Å². The van der Waals surface area contributed by atoms with Gasteiger partial charge in [-0.2, -0.15) is 0 Å². The molecule has 0 aliphatic carbocycles. The van der Waals surface area contributed by atoms with Gasteiger partial charge in [0.15, 0.2) is 23.3 Å². The molecule has 1 aromatic rings. The topological polar surface area (TPSA) is 38.7 Å². The predicted octanol–water partition coefficient (Wildman–Crippen LogP) is 1.55. The molecule has 0 heterocycles. The lowest BCUT2D eigenvalue weighted by molar-refractivity contribution is 0.150. The van der Waals surface area contributed by atoms with Gasteiger partial charge in [0.25, 0.3) is 0 Å². The van der Waals surface area contributed by atoms with Gasteiger partial charge in [-0.25, -0.2) is 17.6 Å². The first kappa shape index (κ1) is 14.1. The monoisotopic (exact) mass is 270 g/mol. The van der Waals surface area contributed by atoms with Crippen molar-refractivity contribution >= 4 is 8.80 Å². The third-order valence-electron chi connectivity index (χ3n) is 2.23. The highest BCUT2D eigenvalue weighted by Gasteiger charge is 2.37. The SMILES string of the molecule is CO[Si](O)(Cc1cc(F)c(F)c(F)c1F)OC. The average Bonchev–Trinajstić information content (AvgIpc) is 2.33. The Morgan fingerprint density at radius 2 is 1.59 bits per heavy atom. The molecule has 0 bridgehead atoms. The van der Waals surface area contributed by atoms with Gasteiger partial charge < -0.3 is 13.6 Å². The minimum atomic E-state index is -3.73. The van der Waals surface area contributed by atoms with Crippen LogP contribution in [0.4, 0.5) is 17.6 Å². The quantitative estimate of drug-likeness (QED) is 0.390. The Labute approximate surface area is 96.0 Å². The zero-order valence-electron chi connectivity index (χ0n) is 9.06. The first-order chi connectivity index (χ1) is 7.84. The molecule has 0 radical (unpaired) electrons. The smallest absolute Gasteiger partial charge is 0.390 e. The second-order valence-corrected chi connectivity index (χ2v) is 5.85. The Bertz CT molecular complexity index is 423. The number of benzene rings is 1. The second kappa shape index (κ2) is 5.13. The van der Waals surface area contributed by atoms with Crippen LogP contribution >= 0.6 is 0 Å². The molecule has 0 aromatic heterocycles. The van der Waals surface area contributed by atoms with Gasteiger partial charge in [-0.3, -0.25) is 0 Å². The number of rotatable bonds is 4. The van der Waals surface area contributed by atoms with Gasteiger partial charge >= 0.3 is 8.80 Å². The summed E-state index contributed by atoms with van der Waals surface area (Å²) in [4.78, 5) is 9.65. The number of hydrogen-bond donors (Lipinski definition) is 1. The zero-order chi connectivity index (χ0) is 13.2. The Morgan fingerprint density at radius 3 is 2.06 bits per heavy atom. The Morgan fingerprint density at radius 1 is 1.06 bits per heavy atom. The van der Waals surface area contributed by atoms with Crippen LogP contribution in [0.15, 0.2) is 6.07 Å². The van der Waals surface area contributed by atoms with E-state index in [0.717, 1.165) is 14.2 Å². The van der Waals surface area contributed by atoms with E-state index in [2.05, 4.69) is 8.85 Å². The van der Waals surface area contributed by atoms with Gasteiger partial charge in [0.1, 0.15) is 0 Å². The highest BCUT2D eigenvalue weighted by Crippen LogP contribution is 2.21. The third kappa shape index (κ3) is 2.83. The van der Waals surface area contributed by atoms with Gasteiger partial charge in [0.05, 0.1) is 0 Å². The molecule has 0 aliphatic heterocycles. The highest BCUT2D eigenvalue weighted by atomic mass is 28.4. The first-order valence-electron chi connectivity index (χ1n) is 4.49. The van der Waals surface area contributed by atoms with Crippen molar-refractivity contribution in [2.24, 2.45) is 0 Å². The highest BCUT2D eigenvalue weighted by molar-refractivity contribution is 6.58. The van der Waals surface area contributed by atoms with E-state index in [1.807, 2.05) is 0 Å². The Kier molecular flexibility index (Phi) is 4.25. The van der Waals surface area contributed by atoms with Gasteiger partial charge in [-0.1, -0.05) is 0 Å². The fourth-order valence-corrected chi connectivity index (χ4v) is 2.41. The summed E-state index contributed by atoms with van der Waals surface area (Å²) in [6.45, 7) is 0. The summed E-state index contributed by atoms with van der Waals surface area (Å²) >= 11 is 0. The zero-order valence-corrected chi connectivity index (χ0v) is 10.1. The lowest BCUT2D eigenvalue weighted by atomic mass is 10.2. The van der Waals surface area contributed by atoms with Gasteiger partial charge in [0.2, 0.25) is 0 Å². The number of halogens is 4. The second-order valence-electron chi connectivity index (χ2n) is 3.26. The van der Waals surface area contributed by atoms with E-state index in [0.29, 0.717) is 6.07 Å². The summed E-state index contributed by atoms with van der Waals surface area (Å²) in [6.07, 6.45) is 0. The van der Waals surface area contributed by atoms with Gasteiger partial charge in [-0.15, -0.1) is 0 Å². The molecule has 0 aliphatic rings. The summed E-state index contributed by atoms with van der Waals surface area (Å²) < 4.78 is 60.9. The van der Waals surface area contributed by atoms with E-state index in [9.17, 15) is 22.4 Å². The molecule has 0 fully saturated rings. The fourth-order valence-electron chi connectivity index (χ4n) is 1.22. The van der Waals surface area contributed by atoms with E-state index in [1.54, 1.807) is 0 Å². The largest absolute Gasteiger partial charge is 0.502 e. The molecule has 96 valence electrons. The van der Waals surface area contributed by atoms with Crippen LogP contribution in [0, 0.1) is 23.3 Å². The molecule has 0 saturated heterocycles. The van der Waals surface area contributed by atoms with Crippen molar-refractivity contribution in [3.05, 3.63) is 34.9 Å². The molecule has 1 N–H and O–H groups in total. The van der Waals surface area contributed by atoms with Crippen molar-refractivity contribution in [1.29, 1.82) is 0 Å². The van der Waals surface area contributed by atoms with E-state index >= 15 is 0 Å². The minimum Gasteiger partial charge on any atom is -0.390 e. The average molecular weight is 270 g/mol. The van der Waals surface area contributed by atoms with Crippen LogP contribution in [0.3, 0.4) is 0 Å².